The summed E-state index contributed by atoms with van der Waals surface area (Å²) < 4.78 is 5.83. The van der Waals surface area contributed by atoms with Crippen LogP contribution < -0.4 is 4.90 Å². The van der Waals surface area contributed by atoms with Crippen LogP contribution in [0.25, 0.3) is 0 Å². The van der Waals surface area contributed by atoms with Gasteiger partial charge < -0.3 is 14.5 Å². The van der Waals surface area contributed by atoms with Crippen LogP contribution in [-0.4, -0.2) is 79.2 Å². The number of pyridine rings is 1. The molecule has 0 unspecified atom stereocenters. The third kappa shape index (κ3) is 4.30. The van der Waals surface area contributed by atoms with Gasteiger partial charge in [0.05, 0.1) is 12.2 Å². The van der Waals surface area contributed by atoms with Gasteiger partial charge in [0.25, 0.3) is 5.91 Å². The molecule has 2 saturated heterocycles. The van der Waals surface area contributed by atoms with Gasteiger partial charge in [0.2, 0.25) is 0 Å². The summed E-state index contributed by atoms with van der Waals surface area (Å²) in [5.41, 5.74) is 0.731. The molecule has 0 bridgehead atoms. The maximum atomic E-state index is 13.0. The van der Waals surface area contributed by atoms with Crippen molar-refractivity contribution in [3.8, 4) is 0 Å². The standard InChI is InChI=1S/C19H30N4O2/c1-14-11-22(12-15(2)25-14)13-17-6-5-9-23(17)19(24)16-7-8-20-18(10-16)21(3)4/h7-8,10,14-15,17H,5-6,9,11-13H2,1-4H3/t14-,15+,17-/m0/s1. The molecule has 0 aromatic carbocycles. The normalized spacial score (nSPS) is 27.5. The van der Waals surface area contributed by atoms with Crippen molar-refractivity contribution in [3.05, 3.63) is 23.9 Å². The minimum Gasteiger partial charge on any atom is -0.373 e. The van der Waals surface area contributed by atoms with Crippen LogP contribution in [0.1, 0.15) is 37.0 Å². The number of hydrogen-bond acceptors (Lipinski definition) is 5. The van der Waals surface area contributed by atoms with Crippen molar-refractivity contribution < 1.29 is 9.53 Å². The van der Waals surface area contributed by atoms with E-state index in [0.29, 0.717) is 6.04 Å². The van der Waals surface area contributed by atoms with Gasteiger partial charge in [-0.2, -0.15) is 0 Å². The number of carbonyl (C=O) groups is 1. The summed E-state index contributed by atoms with van der Waals surface area (Å²) >= 11 is 0. The van der Waals surface area contributed by atoms with Crippen molar-refractivity contribution in [1.82, 2.24) is 14.8 Å². The van der Waals surface area contributed by atoms with Crippen LogP contribution >= 0.6 is 0 Å². The van der Waals surface area contributed by atoms with E-state index in [1.165, 1.54) is 0 Å². The van der Waals surface area contributed by atoms with Gasteiger partial charge in [0, 0.05) is 58.1 Å². The molecular weight excluding hydrogens is 316 g/mol. The fourth-order valence-electron chi connectivity index (χ4n) is 3.99. The molecule has 138 valence electrons. The van der Waals surface area contributed by atoms with E-state index >= 15 is 0 Å². The van der Waals surface area contributed by atoms with E-state index in [-0.39, 0.29) is 18.1 Å². The van der Waals surface area contributed by atoms with Crippen LogP contribution in [0.3, 0.4) is 0 Å². The Hall–Kier alpha value is -1.66. The molecule has 0 N–H and O–H groups in total. The first-order valence-corrected chi connectivity index (χ1v) is 9.26. The lowest BCUT2D eigenvalue weighted by Gasteiger charge is -2.38. The molecule has 0 radical (unpaired) electrons. The highest BCUT2D eigenvalue weighted by atomic mass is 16.5. The molecular formula is C19H30N4O2. The highest BCUT2D eigenvalue weighted by Gasteiger charge is 2.33. The van der Waals surface area contributed by atoms with Gasteiger partial charge in [-0.25, -0.2) is 4.98 Å². The van der Waals surface area contributed by atoms with E-state index in [0.717, 1.165) is 50.4 Å². The monoisotopic (exact) mass is 346 g/mol. The Balaban J connectivity index is 1.68. The Morgan fingerprint density at radius 1 is 1.32 bits per heavy atom. The SMILES string of the molecule is C[C@@H]1CN(C[C@@H]2CCCN2C(=O)c2ccnc(N(C)C)c2)C[C@H](C)O1. The summed E-state index contributed by atoms with van der Waals surface area (Å²) in [6, 6.07) is 4.00. The summed E-state index contributed by atoms with van der Waals surface area (Å²) in [4.78, 5) is 23.8. The molecule has 0 aliphatic carbocycles. The number of hydrogen-bond donors (Lipinski definition) is 0. The maximum absolute atomic E-state index is 13.0. The zero-order valence-corrected chi connectivity index (χ0v) is 15.8. The second-order valence-electron chi connectivity index (χ2n) is 7.57. The molecule has 2 aliphatic rings. The van der Waals surface area contributed by atoms with E-state index in [9.17, 15) is 4.79 Å². The van der Waals surface area contributed by atoms with Crippen LogP contribution in [-0.2, 0) is 4.74 Å². The van der Waals surface area contributed by atoms with Gasteiger partial charge in [0.1, 0.15) is 5.82 Å². The highest BCUT2D eigenvalue weighted by molar-refractivity contribution is 5.95. The lowest BCUT2D eigenvalue weighted by molar-refractivity contribution is -0.0715. The van der Waals surface area contributed by atoms with E-state index in [1.807, 2.05) is 31.1 Å². The minimum absolute atomic E-state index is 0.127. The Morgan fingerprint density at radius 3 is 2.72 bits per heavy atom. The minimum atomic E-state index is 0.127. The molecule has 6 nitrogen and oxygen atoms in total. The molecule has 1 aromatic rings. The zero-order valence-electron chi connectivity index (χ0n) is 15.8. The molecule has 1 aromatic heterocycles. The van der Waals surface area contributed by atoms with E-state index < -0.39 is 0 Å². The zero-order chi connectivity index (χ0) is 18.0. The number of likely N-dealkylation sites (tertiary alicyclic amines) is 1. The molecule has 2 aliphatic heterocycles. The van der Waals surface area contributed by atoms with Crippen molar-refractivity contribution >= 4 is 11.7 Å². The van der Waals surface area contributed by atoms with Crippen molar-refractivity contribution in [1.29, 1.82) is 0 Å². The lowest BCUT2D eigenvalue weighted by Crippen LogP contribution is -2.50. The second-order valence-corrected chi connectivity index (χ2v) is 7.57. The third-order valence-corrected chi connectivity index (χ3v) is 5.05. The molecule has 1 amide bonds. The Morgan fingerprint density at radius 2 is 2.04 bits per heavy atom. The van der Waals surface area contributed by atoms with Gasteiger partial charge >= 0.3 is 0 Å². The quantitative estimate of drug-likeness (QED) is 0.833. The number of aromatic nitrogens is 1. The van der Waals surface area contributed by atoms with Gasteiger partial charge in [-0.15, -0.1) is 0 Å². The number of anilines is 1. The van der Waals surface area contributed by atoms with Crippen LogP contribution in [0.5, 0.6) is 0 Å². The van der Waals surface area contributed by atoms with Crippen molar-refractivity contribution in [2.45, 2.75) is 44.9 Å². The molecule has 6 heteroatoms. The van der Waals surface area contributed by atoms with Crippen LogP contribution in [0.15, 0.2) is 18.3 Å². The smallest absolute Gasteiger partial charge is 0.254 e. The lowest BCUT2D eigenvalue weighted by atomic mass is 10.1. The van der Waals surface area contributed by atoms with Gasteiger partial charge in [-0.3, -0.25) is 9.69 Å². The molecule has 25 heavy (non-hydrogen) atoms. The Bertz CT molecular complexity index is 597. The van der Waals surface area contributed by atoms with Gasteiger partial charge in [0.15, 0.2) is 0 Å². The van der Waals surface area contributed by atoms with E-state index in [2.05, 4.69) is 28.6 Å². The van der Waals surface area contributed by atoms with Crippen LogP contribution in [0, 0.1) is 0 Å². The van der Waals surface area contributed by atoms with Crippen LogP contribution in [0.2, 0.25) is 0 Å². The van der Waals surface area contributed by atoms with E-state index in [1.54, 1.807) is 6.20 Å². The first-order valence-electron chi connectivity index (χ1n) is 9.26. The molecule has 0 saturated carbocycles. The average Bonchev–Trinajstić information content (AvgIpc) is 3.01. The molecule has 3 rings (SSSR count). The predicted octanol–water partition coefficient (Wildman–Crippen LogP) is 1.86. The number of amides is 1. The predicted molar refractivity (Wildman–Crippen MR) is 99.1 cm³/mol. The number of nitrogens with zero attached hydrogens (tertiary/aromatic N) is 4. The molecule has 3 atom stereocenters. The summed E-state index contributed by atoms with van der Waals surface area (Å²) in [5.74, 6) is 0.944. The Labute approximate surface area is 150 Å². The maximum Gasteiger partial charge on any atom is 0.254 e. The summed E-state index contributed by atoms with van der Waals surface area (Å²) in [6.07, 6.45) is 4.41. The van der Waals surface area contributed by atoms with Crippen molar-refractivity contribution in [2.24, 2.45) is 0 Å². The topological polar surface area (TPSA) is 48.9 Å². The first kappa shape index (κ1) is 18.1. The number of rotatable bonds is 4. The largest absolute Gasteiger partial charge is 0.373 e. The Kier molecular flexibility index (Phi) is 5.59. The highest BCUT2D eigenvalue weighted by Crippen LogP contribution is 2.23. The number of ether oxygens (including phenoxy) is 1. The van der Waals surface area contributed by atoms with Crippen molar-refractivity contribution in [3.63, 3.8) is 0 Å². The first-order chi connectivity index (χ1) is 11.9. The fraction of sp³-hybridized carbons (Fsp3) is 0.684. The third-order valence-electron chi connectivity index (χ3n) is 5.05. The van der Waals surface area contributed by atoms with Crippen molar-refractivity contribution in [2.75, 3.05) is 45.2 Å². The summed E-state index contributed by atoms with van der Waals surface area (Å²) in [6.45, 7) is 7.93. The van der Waals surface area contributed by atoms with Crippen LogP contribution in [0.4, 0.5) is 5.82 Å². The summed E-state index contributed by atoms with van der Waals surface area (Å²) in [7, 11) is 3.88. The van der Waals surface area contributed by atoms with E-state index in [4.69, 9.17) is 4.74 Å². The van der Waals surface area contributed by atoms with Gasteiger partial charge in [-0.1, -0.05) is 0 Å². The number of morpholine rings is 1. The summed E-state index contributed by atoms with van der Waals surface area (Å²) in [5, 5.41) is 0. The fourth-order valence-corrected chi connectivity index (χ4v) is 3.99. The average molecular weight is 346 g/mol. The van der Waals surface area contributed by atoms with Gasteiger partial charge in [-0.05, 0) is 38.8 Å². The molecule has 3 heterocycles. The molecule has 2 fully saturated rings. The molecule has 0 spiro atoms. The number of carbonyl (C=O) groups excluding carboxylic acids is 1. The second kappa shape index (κ2) is 7.70.